The summed E-state index contributed by atoms with van der Waals surface area (Å²) in [6.07, 6.45) is -4.38. The number of alkyl halides is 3. The lowest BCUT2D eigenvalue weighted by Crippen LogP contribution is -2.23. The lowest BCUT2D eigenvalue weighted by molar-refractivity contribution is -0.137. The molecule has 2 N–H and O–H groups in total. The molecule has 0 atom stereocenters. The number of primary amides is 1. The van der Waals surface area contributed by atoms with Gasteiger partial charge in [-0.3, -0.25) is 4.79 Å². The van der Waals surface area contributed by atoms with E-state index in [1.165, 1.54) is 12.1 Å². The van der Waals surface area contributed by atoms with Gasteiger partial charge in [0.2, 0.25) is 0 Å². The lowest BCUT2D eigenvalue weighted by Gasteiger charge is -2.23. The van der Waals surface area contributed by atoms with Crippen molar-refractivity contribution in [3.8, 4) is 11.3 Å². The Balaban J connectivity index is 2.60. The summed E-state index contributed by atoms with van der Waals surface area (Å²) >= 11 is 1.92. The molecule has 0 bridgehead atoms. The molecule has 0 spiro atoms. The molecule has 2 rings (SSSR count). The lowest BCUT2D eigenvalue weighted by atomic mass is 9.83. The van der Waals surface area contributed by atoms with Gasteiger partial charge in [0.1, 0.15) is 3.70 Å². The number of aromatic nitrogens is 1. The standard InChI is InChI=1S/C17H16F3IN2O/c1-16(2,3)11-8-12(23-14(21)13(11)15(22)24)9-4-6-10(7-5-9)17(18,19)20/h4-8H,1-3H3,(H2,22,24). The van der Waals surface area contributed by atoms with Crippen LogP contribution in [0.1, 0.15) is 42.3 Å². The van der Waals surface area contributed by atoms with Crippen LogP contribution >= 0.6 is 22.6 Å². The quantitative estimate of drug-likeness (QED) is 0.532. The molecule has 1 aromatic heterocycles. The zero-order chi connectivity index (χ0) is 18.3. The minimum atomic E-state index is -4.38. The molecule has 1 aromatic carbocycles. The highest BCUT2D eigenvalue weighted by atomic mass is 127. The van der Waals surface area contributed by atoms with Crippen molar-refractivity contribution in [1.29, 1.82) is 0 Å². The summed E-state index contributed by atoms with van der Waals surface area (Å²) in [4.78, 5) is 16.1. The SMILES string of the molecule is CC(C)(C)c1cc(-c2ccc(C(F)(F)F)cc2)nc(I)c1C(N)=O. The van der Waals surface area contributed by atoms with E-state index in [-0.39, 0.29) is 5.41 Å². The first kappa shape index (κ1) is 18.7. The molecule has 2 aromatic rings. The molecule has 0 fully saturated rings. The second-order valence-corrected chi connectivity index (χ2v) is 7.43. The Labute approximate surface area is 151 Å². The molecule has 3 nitrogen and oxygen atoms in total. The smallest absolute Gasteiger partial charge is 0.366 e. The molecule has 128 valence electrons. The highest BCUT2D eigenvalue weighted by molar-refractivity contribution is 14.1. The van der Waals surface area contributed by atoms with Crippen LogP contribution in [0.2, 0.25) is 0 Å². The molecule has 7 heteroatoms. The van der Waals surface area contributed by atoms with Crippen LogP contribution in [-0.2, 0) is 11.6 Å². The first-order valence-electron chi connectivity index (χ1n) is 7.09. The topological polar surface area (TPSA) is 56.0 Å². The third-order valence-electron chi connectivity index (χ3n) is 3.54. The Hall–Kier alpha value is -1.64. The number of carbonyl (C=O) groups is 1. The number of rotatable bonds is 2. The van der Waals surface area contributed by atoms with E-state index in [2.05, 4.69) is 4.98 Å². The highest BCUT2D eigenvalue weighted by Crippen LogP contribution is 2.34. The van der Waals surface area contributed by atoms with Gasteiger partial charge in [-0.2, -0.15) is 13.2 Å². The van der Waals surface area contributed by atoms with Gasteiger partial charge in [-0.15, -0.1) is 0 Å². The maximum atomic E-state index is 12.7. The van der Waals surface area contributed by atoms with Gasteiger partial charge < -0.3 is 5.73 Å². The fraction of sp³-hybridized carbons (Fsp3) is 0.294. The molecule has 0 radical (unpaired) electrons. The van der Waals surface area contributed by atoms with Crippen molar-refractivity contribution < 1.29 is 18.0 Å². The number of nitrogens with zero attached hydrogens (tertiary/aromatic N) is 1. The van der Waals surface area contributed by atoms with Gasteiger partial charge in [-0.1, -0.05) is 32.9 Å². The molecule has 0 aliphatic carbocycles. The summed E-state index contributed by atoms with van der Waals surface area (Å²) in [6.45, 7) is 5.80. The molecule has 0 saturated carbocycles. The van der Waals surface area contributed by atoms with Gasteiger partial charge in [-0.05, 0) is 51.8 Å². The van der Waals surface area contributed by atoms with Gasteiger partial charge >= 0.3 is 6.18 Å². The second kappa shape index (κ2) is 6.34. The van der Waals surface area contributed by atoms with Crippen LogP contribution in [0.5, 0.6) is 0 Å². The maximum absolute atomic E-state index is 12.7. The Bertz CT molecular complexity index is 778. The number of halogens is 4. The first-order valence-corrected chi connectivity index (χ1v) is 8.17. The zero-order valence-corrected chi connectivity index (χ0v) is 15.5. The van der Waals surface area contributed by atoms with Gasteiger partial charge in [0, 0.05) is 5.56 Å². The van der Waals surface area contributed by atoms with Crippen molar-refractivity contribution in [2.24, 2.45) is 5.73 Å². The summed E-state index contributed by atoms with van der Waals surface area (Å²) in [7, 11) is 0. The van der Waals surface area contributed by atoms with E-state index < -0.39 is 17.6 Å². The minimum absolute atomic E-state index is 0.346. The van der Waals surface area contributed by atoms with Crippen LogP contribution in [0.25, 0.3) is 11.3 Å². The van der Waals surface area contributed by atoms with Gasteiger partial charge in [0.15, 0.2) is 0 Å². The molecular formula is C17H16F3IN2O. The van der Waals surface area contributed by atoms with Crippen LogP contribution in [-0.4, -0.2) is 10.9 Å². The van der Waals surface area contributed by atoms with Crippen LogP contribution in [0.15, 0.2) is 30.3 Å². The van der Waals surface area contributed by atoms with Crippen LogP contribution in [0.4, 0.5) is 13.2 Å². The largest absolute Gasteiger partial charge is 0.416 e. The molecule has 0 saturated heterocycles. The Morgan fingerprint density at radius 1 is 1.12 bits per heavy atom. The molecular weight excluding hydrogens is 432 g/mol. The van der Waals surface area contributed by atoms with E-state index in [0.717, 1.165) is 12.1 Å². The summed E-state index contributed by atoms with van der Waals surface area (Å²) in [5.74, 6) is -0.573. The molecule has 0 unspecified atom stereocenters. The fourth-order valence-electron chi connectivity index (χ4n) is 2.32. The predicted octanol–water partition coefficient (Wildman–Crippen LogP) is 4.77. The van der Waals surface area contributed by atoms with Crippen molar-refractivity contribution >= 4 is 28.5 Å². The monoisotopic (exact) mass is 448 g/mol. The predicted molar refractivity (Wildman–Crippen MR) is 94.6 cm³/mol. The average molecular weight is 448 g/mol. The van der Waals surface area contributed by atoms with Crippen LogP contribution in [0.3, 0.4) is 0 Å². The number of pyridine rings is 1. The Kier molecular flexibility index (Phi) is 4.94. The van der Waals surface area contributed by atoms with E-state index >= 15 is 0 Å². The number of hydrogen-bond donors (Lipinski definition) is 1. The first-order chi connectivity index (χ1) is 10.9. The van der Waals surface area contributed by atoms with Crippen molar-refractivity contribution in [2.75, 3.05) is 0 Å². The Morgan fingerprint density at radius 3 is 2.08 bits per heavy atom. The summed E-state index contributed by atoms with van der Waals surface area (Å²) in [6, 6.07) is 6.49. The van der Waals surface area contributed by atoms with Gasteiger partial charge in [-0.25, -0.2) is 4.98 Å². The number of nitrogens with two attached hydrogens (primary N) is 1. The molecule has 24 heavy (non-hydrogen) atoms. The van der Waals surface area contributed by atoms with Crippen molar-refractivity contribution in [1.82, 2.24) is 4.98 Å². The van der Waals surface area contributed by atoms with Gasteiger partial charge in [0.05, 0.1) is 16.8 Å². The van der Waals surface area contributed by atoms with E-state index in [1.54, 1.807) is 6.07 Å². The number of amides is 1. The highest BCUT2D eigenvalue weighted by Gasteiger charge is 2.30. The zero-order valence-electron chi connectivity index (χ0n) is 13.3. The Morgan fingerprint density at radius 2 is 1.67 bits per heavy atom. The average Bonchev–Trinajstić information content (AvgIpc) is 2.44. The van der Waals surface area contributed by atoms with Gasteiger partial charge in [0.25, 0.3) is 5.91 Å². The minimum Gasteiger partial charge on any atom is -0.366 e. The maximum Gasteiger partial charge on any atom is 0.416 e. The second-order valence-electron chi connectivity index (χ2n) is 6.41. The van der Waals surface area contributed by atoms with E-state index in [9.17, 15) is 18.0 Å². The van der Waals surface area contributed by atoms with Crippen molar-refractivity contribution in [2.45, 2.75) is 32.4 Å². The third kappa shape index (κ3) is 3.88. The summed E-state index contributed by atoms with van der Waals surface area (Å²) < 4.78 is 38.5. The van der Waals surface area contributed by atoms with Crippen LogP contribution < -0.4 is 5.73 Å². The van der Waals surface area contributed by atoms with E-state index in [1.807, 2.05) is 43.4 Å². The number of hydrogen-bond acceptors (Lipinski definition) is 2. The van der Waals surface area contributed by atoms with Crippen LogP contribution in [0, 0.1) is 3.70 Å². The van der Waals surface area contributed by atoms with Crippen molar-refractivity contribution in [3.63, 3.8) is 0 Å². The van der Waals surface area contributed by atoms with E-state index in [0.29, 0.717) is 26.1 Å². The molecule has 0 aliphatic heterocycles. The molecule has 1 amide bonds. The molecule has 1 heterocycles. The fourth-order valence-corrected chi connectivity index (χ4v) is 3.13. The normalized spacial score (nSPS) is 12.3. The number of carbonyl (C=O) groups excluding carboxylic acids is 1. The number of benzene rings is 1. The summed E-state index contributed by atoms with van der Waals surface area (Å²) in [5, 5.41) is 0. The van der Waals surface area contributed by atoms with E-state index in [4.69, 9.17) is 5.73 Å². The summed E-state index contributed by atoms with van der Waals surface area (Å²) in [5.41, 5.74) is 6.48. The third-order valence-corrected chi connectivity index (χ3v) is 4.32. The van der Waals surface area contributed by atoms with Crippen molar-refractivity contribution in [3.05, 3.63) is 50.7 Å². The molecule has 0 aliphatic rings.